The number of nitriles is 1. The summed E-state index contributed by atoms with van der Waals surface area (Å²) in [5.74, 6) is 0.400. The van der Waals surface area contributed by atoms with E-state index in [1.807, 2.05) is 60.7 Å². The summed E-state index contributed by atoms with van der Waals surface area (Å²) in [6, 6.07) is 20.9. The molecule has 2 aromatic heterocycles. The summed E-state index contributed by atoms with van der Waals surface area (Å²) >= 11 is 0. The summed E-state index contributed by atoms with van der Waals surface area (Å²) in [5, 5.41) is 17.1. The topological polar surface area (TPSA) is 99.9 Å². The van der Waals surface area contributed by atoms with Gasteiger partial charge in [0.1, 0.15) is 11.4 Å². The molecular formula is C27H23N5O2. The van der Waals surface area contributed by atoms with Crippen molar-refractivity contribution in [2.24, 2.45) is 0 Å². The average molecular weight is 450 g/mol. The summed E-state index contributed by atoms with van der Waals surface area (Å²) in [6.45, 7) is 4.41. The Hall–Kier alpha value is -4.70. The van der Waals surface area contributed by atoms with E-state index >= 15 is 0 Å². The van der Waals surface area contributed by atoms with Gasteiger partial charge in [-0.3, -0.25) is 9.78 Å². The smallest absolute Gasteiger partial charge is 0.270 e. The number of anilines is 1. The van der Waals surface area contributed by atoms with Crippen LogP contribution in [0.4, 0.5) is 5.69 Å². The van der Waals surface area contributed by atoms with Gasteiger partial charge in [0.05, 0.1) is 24.6 Å². The zero-order valence-electron chi connectivity index (χ0n) is 18.7. The number of amides is 1. The Kier molecular flexibility index (Phi) is 6.80. The lowest BCUT2D eigenvalue weighted by Gasteiger charge is -2.15. The predicted octanol–water partition coefficient (Wildman–Crippen LogP) is 4.73. The molecule has 2 heterocycles. The molecule has 0 unspecified atom stereocenters. The summed E-state index contributed by atoms with van der Waals surface area (Å²) in [4.78, 5) is 21.3. The van der Waals surface area contributed by atoms with Crippen LogP contribution in [0.1, 0.15) is 16.1 Å². The SMILES string of the molecule is C=C(C#N)CNc1c(OC)ccc2ccc(-c3cccc(C(=O)NCc4cccnc4)n3)cc12. The minimum Gasteiger partial charge on any atom is -0.495 e. The minimum atomic E-state index is -0.259. The Morgan fingerprint density at radius 3 is 2.76 bits per heavy atom. The van der Waals surface area contributed by atoms with Crippen LogP contribution < -0.4 is 15.4 Å². The van der Waals surface area contributed by atoms with E-state index in [2.05, 4.69) is 27.2 Å². The standard InChI is InChI=1S/C27H23N5O2/c1-18(14-28)15-30-26-22-13-21(9-8-20(22)10-11-25(26)34-2)23-6-3-7-24(32-23)27(33)31-17-19-5-4-12-29-16-19/h3-13,16,30H,1,15,17H2,2H3,(H,31,33). The zero-order chi connectivity index (χ0) is 23.9. The zero-order valence-corrected chi connectivity index (χ0v) is 18.7. The Morgan fingerprint density at radius 2 is 2.00 bits per heavy atom. The van der Waals surface area contributed by atoms with Gasteiger partial charge < -0.3 is 15.4 Å². The number of fused-ring (bicyclic) bond motifs is 1. The molecule has 168 valence electrons. The Labute approximate surface area is 197 Å². The number of benzene rings is 2. The fraction of sp³-hybridized carbons (Fsp3) is 0.111. The molecule has 4 rings (SSSR count). The minimum absolute atomic E-state index is 0.259. The third-order valence-corrected chi connectivity index (χ3v) is 5.29. The van der Waals surface area contributed by atoms with Crippen molar-refractivity contribution in [3.63, 3.8) is 0 Å². The van der Waals surface area contributed by atoms with Crippen molar-refractivity contribution in [2.45, 2.75) is 6.54 Å². The number of nitrogens with zero attached hydrogens (tertiary/aromatic N) is 3. The molecule has 0 bridgehead atoms. The summed E-state index contributed by atoms with van der Waals surface area (Å²) < 4.78 is 5.53. The Morgan fingerprint density at radius 1 is 1.15 bits per heavy atom. The molecule has 0 saturated heterocycles. The van der Waals surface area contributed by atoms with E-state index in [0.29, 0.717) is 35.8 Å². The van der Waals surface area contributed by atoms with Gasteiger partial charge in [0.25, 0.3) is 5.91 Å². The van der Waals surface area contributed by atoms with Crippen LogP contribution in [0.2, 0.25) is 0 Å². The first-order chi connectivity index (χ1) is 16.6. The van der Waals surface area contributed by atoms with E-state index in [0.717, 1.165) is 27.6 Å². The molecule has 2 aromatic carbocycles. The third kappa shape index (κ3) is 5.03. The molecular weight excluding hydrogens is 426 g/mol. The maximum Gasteiger partial charge on any atom is 0.270 e. The molecule has 1 amide bonds. The maximum atomic E-state index is 12.7. The van der Waals surface area contributed by atoms with Crippen molar-refractivity contribution in [1.82, 2.24) is 15.3 Å². The lowest BCUT2D eigenvalue weighted by molar-refractivity contribution is 0.0946. The van der Waals surface area contributed by atoms with Crippen molar-refractivity contribution in [1.29, 1.82) is 5.26 Å². The lowest BCUT2D eigenvalue weighted by Crippen LogP contribution is -2.23. The maximum absolute atomic E-state index is 12.7. The molecule has 34 heavy (non-hydrogen) atoms. The van der Waals surface area contributed by atoms with E-state index in [1.54, 1.807) is 25.6 Å². The van der Waals surface area contributed by atoms with Crippen LogP contribution in [0.5, 0.6) is 5.75 Å². The number of nitrogens with one attached hydrogen (secondary N) is 2. The van der Waals surface area contributed by atoms with Crippen LogP contribution in [-0.4, -0.2) is 29.5 Å². The van der Waals surface area contributed by atoms with Crippen LogP contribution in [0.25, 0.3) is 22.0 Å². The summed E-state index contributed by atoms with van der Waals surface area (Å²) in [5.41, 5.74) is 3.95. The van der Waals surface area contributed by atoms with Gasteiger partial charge in [-0.05, 0) is 41.3 Å². The molecule has 0 fully saturated rings. The first-order valence-electron chi connectivity index (χ1n) is 10.7. The van der Waals surface area contributed by atoms with Crippen LogP contribution in [0, 0.1) is 11.3 Å². The van der Waals surface area contributed by atoms with E-state index < -0.39 is 0 Å². The molecule has 4 aromatic rings. The van der Waals surface area contributed by atoms with Crippen molar-refractivity contribution in [3.05, 3.63) is 96.5 Å². The largest absolute Gasteiger partial charge is 0.495 e. The van der Waals surface area contributed by atoms with Crippen molar-refractivity contribution < 1.29 is 9.53 Å². The number of hydrogen-bond donors (Lipinski definition) is 2. The molecule has 0 saturated carbocycles. The van der Waals surface area contributed by atoms with Crippen LogP contribution in [0.3, 0.4) is 0 Å². The van der Waals surface area contributed by atoms with Gasteiger partial charge >= 0.3 is 0 Å². The molecule has 7 heteroatoms. The first kappa shape index (κ1) is 22.5. The lowest BCUT2D eigenvalue weighted by atomic mass is 10.0. The molecule has 0 aliphatic rings. The Balaban J connectivity index is 1.63. The molecule has 7 nitrogen and oxygen atoms in total. The van der Waals surface area contributed by atoms with Crippen LogP contribution in [0.15, 0.2) is 85.2 Å². The highest BCUT2D eigenvalue weighted by Crippen LogP contribution is 2.35. The van der Waals surface area contributed by atoms with Crippen LogP contribution >= 0.6 is 0 Å². The van der Waals surface area contributed by atoms with Gasteiger partial charge in [0, 0.05) is 42.0 Å². The van der Waals surface area contributed by atoms with Crippen LogP contribution in [-0.2, 0) is 6.54 Å². The van der Waals surface area contributed by atoms with Gasteiger partial charge in [-0.25, -0.2) is 4.98 Å². The average Bonchev–Trinajstić information content (AvgIpc) is 2.90. The van der Waals surface area contributed by atoms with Crippen molar-refractivity contribution >= 4 is 22.4 Å². The molecule has 0 spiro atoms. The monoisotopic (exact) mass is 449 g/mol. The van der Waals surface area contributed by atoms with Crippen molar-refractivity contribution in [2.75, 3.05) is 19.0 Å². The van der Waals surface area contributed by atoms with E-state index in [1.165, 1.54) is 0 Å². The number of rotatable bonds is 8. The predicted molar refractivity (Wildman–Crippen MR) is 132 cm³/mol. The molecule has 0 aliphatic heterocycles. The number of methoxy groups -OCH3 is 1. The number of aromatic nitrogens is 2. The molecule has 2 N–H and O–H groups in total. The van der Waals surface area contributed by atoms with Gasteiger partial charge in [0.2, 0.25) is 0 Å². The highest BCUT2D eigenvalue weighted by molar-refractivity contribution is 5.99. The second kappa shape index (κ2) is 10.3. The van der Waals surface area contributed by atoms with Gasteiger partial charge in [-0.15, -0.1) is 0 Å². The number of hydrogen-bond acceptors (Lipinski definition) is 6. The molecule has 0 radical (unpaired) electrons. The first-order valence-corrected chi connectivity index (χ1v) is 10.7. The number of carbonyl (C=O) groups is 1. The molecule has 0 aliphatic carbocycles. The van der Waals surface area contributed by atoms with Crippen molar-refractivity contribution in [3.8, 4) is 23.1 Å². The highest BCUT2D eigenvalue weighted by Gasteiger charge is 2.13. The number of carbonyl (C=O) groups excluding carboxylic acids is 1. The molecule has 0 atom stereocenters. The summed E-state index contributed by atoms with van der Waals surface area (Å²) in [7, 11) is 1.60. The number of pyridine rings is 2. The second-order valence-electron chi connectivity index (χ2n) is 7.60. The van der Waals surface area contributed by atoms with E-state index in [-0.39, 0.29) is 5.91 Å². The van der Waals surface area contributed by atoms with Gasteiger partial charge in [0.15, 0.2) is 0 Å². The van der Waals surface area contributed by atoms with E-state index in [4.69, 9.17) is 10.00 Å². The normalized spacial score (nSPS) is 10.4. The van der Waals surface area contributed by atoms with Gasteiger partial charge in [-0.1, -0.05) is 36.9 Å². The fourth-order valence-corrected chi connectivity index (χ4v) is 3.54. The second-order valence-corrected chi connectivity index (χ2v) is 7.60. The Bertz CT molecular complexity index is 1390. The fourth-order valence-electron chi connectivity index (χ4n) is 3.54. The highest BCUT2D eigenvalue weighted by atomic mass is 16.5. The van der Waals surface area contributed by atoms with E-state index in [9.17, 15) is 4.79 Å². The van der Waals surface area contributed by atoms with Gasteiger partial charge in [-0.2, -0.15) is 5.26 Å². The third-order valence-electron chi connectivity index (χ3n) is 5.29. The quantitative estimate of drug-likeness (QED) is 0.377. The number of ether oxygens (including phenoxy) is 1. The summed E-state index contributed by atoms with van der Waals surface area (Å²) in [6.07, 6.45) is 3.40.